The SMILES string of the molecule is CC(Cn1cc(C#N)cn1)C1CCC2C3CCC4(C)CCCCC4(C)C3CCC12C. The van der Waals surface area contributed by atoms with E-state index in [0.717, 1.165) is 30.2 Å². The first-order chi connectivity index (χ1) is 14.3. The predicted molar refractivity (Wildman–Crippen MR) is 121 cm³/mol. The second kappa shape index (κ2) is 7.11. The number of aromatic nitrogens is 2. The van der Waals surface area contributed by atoms with E-state index in [2.05, 4.69) is 38.9 Å². The highest BCUT2D eigenvalue weighted by Gasteiger charge is 2.62. The summed E-state index contributed by atoms with van der Waals surface area (Å²) in [6.07, 6.45) is 18.2. The summed E-state index contributed by atoms with van der Waals surface area (Å²) in [5, 5.41) is 13.6. The Kier molecular flexibility index (Phi) is 4.88. The van der Waals surface area contributed by atoms with E-state index in [9.17, 15) is 0 Å². The van der Waals surface area contributed by atoms with Crippen molar-refractivity contribution in [3.63, 3.8) is 0 Å². The number of hydrogen-bond acceptors (Lipinski definition) is 2. The maximum Gasteiger partial charge on any atom is 0.102 e. The van der Waals surface area contributed by atoms with Crippen LogP contribution < -0.4 is 0 Å². The molecule has 164 valence electrons. The van der Waals surface area contributed by atoms with Gasteiger partial charge in [0.2, 0.25) is 0 Å². The molecule has 0 amide bonds. The molecule has 3 nitrogen and oxygen atoms in total. The van der Waals surface area contributed by atoms with E-state index < -0.39 is 0 Å². The maximum absolute atomic E-state index is 9.12. The van der Waals surface area contributed by atoms with Crippen LogP contribution >= 0.6 is 0 Å². The average molecular weight is 408 g/mol. The third kappa shape index (κ3) is 2.85. The highest BCUT2D eigenvalue weighted by molar-refractivity contribution is 5.21. The van der Waals surface area contributed by atoms with Crippen LogP contribution in [0, 0.1) is 57.2 Å². The van der Waals surface area contributed by atoms with Crippen LogP contribution in [0.25, 0.3) is 0 Å². The molecule has 30 heavy (non-hydrogen) atoms. The van der Waals surface area contributed by atoms with Crippen molar-refractivity contribution in [2.75, 3.05) is 0 Å². The molecule has 0 aromatic carbocycles. The second-order valence-electron chi connectivity index (χ2n) is 12.4. The average Bonchev–Trinajstić information content (AvgIpc) is 3.32. The van der Waals surface area contributed by atoms with Gasteiger partial charge in [-0.1, -0.05) is 40.5 Å². The lowest BCUT2D eigenvalue weighted by molar-refractivity contribution is -0.154. The fraction of sp³-hybridized carbons (Fsp3) is 0.852. The summed E-state index contributed by atoms with van der Waals surface area (Å²) in [6, 6.07) is 2.22. The largest absolute Gasteiger partial charge is 0.271 e. The summed E-state index contributed by atoms with van der Waals surface area (Å²) in [5.41, 5.74) is 2.38. The van der Waals surface area contributed by atoms with Crippen molar-refractivity contribution in [2.24, 2.45) is 45.8 Å². The number of rotatable bonds is 3. The molecule has 4 aliphatic rings. The molecule has 1 heterocycles. The molecule has 8 unspecified atom stereocenters. The minimum atomic E-state index is 0.505. The van der Waals surface area contributed by atoms with Crippen LogP contribution in [-0.4, -0.2) is 9.78 Å². The molecule has 1 aromatic heterocycles. The van der Waals surface area contributed by atoms with Crippen LogP contribution in [0.15, 0.2) is 12.4 Å². The molecule has 0 saturated heterocycles. The molecule has 4 saturated carbocycles. The Morgan fingerprint density at radius 2 is 1.87 bits per heavy atom. The van der Waals surface area contributed by atoms with Crippen LogP contribution in [-0.2, 0) is 6.54 Å². The fourth-order valence-electron chi connectivity index (χ4n) is 9.52. The van der Waals surface area contributed by atoms with E-state index in [1.54, 1.807) is 6.20 Å². The van der Waals surface area contributed by atoms with E-state index in [1.807, 2.05) is 10.9 Å². The lowest BCUT2D eigenvalue weighted by Crippen LogP contribution is -2.56. The van der Waals surface area contributed by atoms with Crippen molar-refractivity contribution in [3.05, 3.63) is 18.0 Å². The van der Waals surface area contributed by atoms with Gasteiger partial charge in [-0.3, -0.25) is 4.68 Å². The fourth-order valence-corrected chi connectivity index (χ4v) is 9.52. The number of nitrogens with zero attached hydrogens (tertiary/aromatic N) is 3. The number of nitriles is 1. The van der Waals surface area contributed by atoms with Gasteiger partial charge in [-0.05, 0) is 97.2 Å². The number of fused-ring (bicyclic) bond motifs is 5. The van der Waals surface area contributed by atoms with Crippen LogP contribution in [0.1, 0.15) is 97.5 Å². The normalized spacial score (nSPS) is 46.4. The quantitative estimate of drug-likeness (QED) is 0.551. The lowest BCUT2D eigenvalue weighted by atomic mass is 9.40. The second-order valence-corrected chi connectivity index (χ2v) is 12.4. The third-order valence-corrected chi connectivity index (χ3v) is 11.3. The van der Waals surface area contributed by atoms with Gasteiger partial charge in [0.05, 0.1) is 11.8 Å². The zero-order valence-electron chi connectivity index (χ0n) is 19.7. The predicted octanol–water partition coefficient (Wildman–Crippen LogP) is 6.83. The van der Waals surface area contributed by atoms with Gasteiger partial charge in [-0.15, -0.1) is 0 Å². The summed E-state index contributed by atoms with van der Waals surface area (Å²) >= 11 is 0. The monoisotopic (exact) mass is 407 g/mol. The minimum Gasteiger partial charge on any atom is -0.271 e. The minimum absolute atomic E-state index is 0.505. The lowest BCUT2D eigenvalue weighted by Gasteiger charge is -2.65. The zero-order valence-corrected chi connectivity index (χ0v) is 19.7. The molecule has 0 aliphatic heterocycles. The van der Waals surface area contributed by atoms with E-state index in [-0.39, 0.29) is 0 Å². The number of hydrogen-bond donors (Lipinski definition) is 0. The van der Waals surface area contributed by atoms with Gasteiger partial charge in [0.1, 0.15) is 6.07 Å². The van der Waals surface area contributed by atoms with E-state index in [1.165, 1.54) is 64.2 Å². The van der Waals surface area contributed by atoms with Gasteiger partial charge in [0.25, 0.3) is 0 Å². The Morgan fingerprint density at radius 1 is 1.07 bits per heavy atom. The molecule has 8 atom stereocenters. The molecule has 0 spiro atoms. The van der Waals surface area contributed by atoms with Crippen molar-refractivity contribution in [1.82, 2.24) is 9.78 Å². The van der Waals surface area contributed by atoms with Gasteiger partial charge < -0.3 is 0 Å². The summed E-state index contributed by atoms with van der Waals surface area (Å²) < 4.78 is 2.01. The molecule has 0 bridgehead atoms. The van der Waals surface area contributed by atoms with E-state index in [4.69, 9.17) is 5.26 Å². The van der Waals surface area contributed by atoms with Gasteiger partial charge >= 0.3 is 0 Å². The Balaban J connectivity index is 1.35. The molecule has 3 heteroatoms. The Bertz CT molecular complexity index is 835. The smallest absolute Gasteiger partial charge is 0.102 e. The molecule has 5 rings (SSSR count). The van der Waals surface area contributed by atoms with Crippen LogP contribution in [0.2, 0.25) is 0 Å². The van der Waals surface area contributed by atoms with Crippen molar-refractivity contribution in [2.45, 2.75) is 98.4 Å². The van der Waals surface area contributed by atoms with Gasteiger partial charge in [-0.2, -0.15) is 10.4 Å². The first kappa shape index (κ1) is 20.6. The maximum atomic E-state index is 9.12. The van der Waals surface area contributed by atoms with Gasteiger partial charge in [0, 0.05) is 12.7 Å². The van der Waals surface area contributed by atoms with Crippen LogP contribution in [0.4, 0.5) is 0 Å². The molecular weight excluding hydrogens is 366 g/mol. The summed E-state index contributed by atoms with van der Waals surface area (Å²) in [4.78, 5) is 0. The summed E-state index contributed by atoms with van der Waals surface area (Å²) in [7, 11) is 0. The van der Waals surface area contributed by atoms with Crippen LogP contribution in [0.3, 0.4) is 0 Å². The van der Waals surface area contributed by atoms with Gasteiger partial charge in [0.15, 0.2) is 0 Å². The first-order valence-corrected chi connectivity index (χ1v) is 12.7. The highest BCUT2D eigenvalue weighted by atomic mass is 15.3. The van der Waals surface area contributed by atoms with Crippen LogP contribution in [0.5, 0.6) is 0 Å². The Hall–Kier alpha value is -1.30. The van der Waals surface area contributed by atoms with E-state index >= 15 is 0 Å². The Labute approximate surface area is 183 Å². The Morgan fingerprint density at radius 3 is 2.63 bits per heavy atom. The standard InChI is InChI=1S/C27H41N3/c1-19(17-30-18-20(15-28)16-29-30)22-7-8-23-21-9-13-25(2)11-5-6-12-27(25,4)24(21)10-14-26(22,23)3/h16,18-19,21-24H,5-14,17H2,1-4H3. The molecule has 0 N–H and O–H groups in total. The molecule has 1 aromatic rings. The molecule has 4 fully saturated rings. The molecule has 0 radical (unpaired) electrons. The summed E-state index contributed by atoms with van der Waals surface area (Å²) in [6.45, 7) is 11.4. The topological polar surface area (TPSA) is 41.6 Å². The molecule has 4 aliphatic carbocycles. The van der Waals surface area contributed by atoms with Gasteiger partial charge in [-0.25, -0.2) is 0 Å². The zero-order chi connectivity index (χ0) is 21.1. The van der Waals surface area contributed by atoms with Crippen molar-refractivity contribution < 1.29 is 0 Å². The highest BCUT2D eigenvalue weighted by Crippen LogP contribution is 2.71. The molecular formula is C27H41N3. The van der Waals surface area contributed by atoms with Crippen molar-refractivity contribution >= 4 is 0 Å². The first-order valence-electron chi connectivity index (χ1n) is 12.7. The third-order valence-electron chi connectivity index (χ3n) is 11.3. The van der Waals surface area contributed by atoms with Crippen molar-refractivity contribution in [3.8, 4) is 6.07 Å². The summed E-state index contributed by atoms with van der Waals surface area (Å²) in [5.74, 6) is 4.28. The van der Waals surface area contributed by atoms with E-state index in [0.29, 0.717) is 27.7 Å². The van der Waals surface area contributed by atoms with Crippen molar-refractivity contribution in [1.29, 1.82) is 5.26 Å².